The monoisotopic (exact) mass is 440 g/mol. The van der Waals surface area contributed by atoms with Crippen LogP contribution in [0.5, 0.6) is 0 Å². The number of aromatic nitrogens is 1. The molecule has 3 aromatic rings. The van der Waals surface area contributed by atoms with Gasteiger partial charge in [0.1, 0.15) is 6.54 Å². The Morgan fingerprint density at radius 1 is 1.00 bits per heavy atom. The average molecular weight is 440 g/mol. The van der Waals surface area contributed by atoms with Gasteiger partial charge in [0.25, 0.3) is 0 Å². The molecule has 4 rings (SSSR count). The van der Waals surface area contributed by atoms with Gasteiger partial charge in [0.2, 0.25) is 0 Å². The van der Waals surface area contributed by atoms with Gasteiger partial charge in [-0.3, -0.25) is 14.5 Å². The summed E-state index contributed by atoms with van der Waals surface area (Å²) in [6.45, 7) is 2.49. The molecule has 32 heavy (non-hydrogen) atoms. The van der Waals surface area contributed by atoms with E-state index in [1.165, 1.54) is 24.6 Å². The van der Waals surface area contributed by atoms with Gasteiger partial charge in [-0.05, 0) is 68.1 Å². The van der Waals surface area contributed by atoms with Crippen LogP contribution >= 0.6 is 0 Å². The first kappa shape index (κ1) is 22.1. The fraction of sp³-hybridized carbons (Fsp3) is 0.360. The van der Waals surface area contributed by atoms with Crippen molar-refractivity contribution >= 4 is 16.9 Å². The highest BCUT2D eigenvalue weighted by Crippen LogP contribution is 2.21. The predicted octanol–water partition coefficient (Wildman–Crippen LogP) is 4.14. The fourth-order valence-corrected chi connectivity index (χ4v) is 4.48. The molecule has 2 aromatic carbocycles. The van der Waals surface area contributed by atoms with Crippen molar-refractivity contribution in [1.29, 1.82) is 0 Å². The average Bonchev–Trinajstić information content (AvgIpc) is 2.77. The number of halogens is 2. The van der Waals surface area contributed by atoms with Gasteiger partial charge in [0.15, 0.2) is 17.1 Å². The highest BCUT2D eigenvalue weighted by molar-refractivity contribution is 5.81. The Bertz CT molecular complexity index is 1200. The molecule has 0 saturated carbocycles. The minimum atomic E-state index is -1.03. The zero-order valence-electron chi connectivity index (χ0n) is 17.8. The molecule has 1 aromatic heterocycles. The maximum Gasteiger partial charge on any atom is 0.323 e. The molecular formula is C25H26F2N2O3. The number of carbonyl (C=O) groups is 1. The third-order valence-corrected chi connectivity index (χ3v) is 6.09. The van der Waals surface area contributed by atoms with E-state index >= 15 is 0 Å². The number of fused-ring (bicyclic) bond motifs is 1. The number of hydrogen-bond donors (Lipinski definition) is 1. The number of benzene rings is 2. The Kier molecular flexibility index (Phi) is 6.65. The number of piperidine rings is 1. The number of hydrogen-bond acceptors (Lipinski definition) is 3. The summed E-state index contributed by atoms with van der Waals surface area (Å²) in [6, 6.07) is 11.0. The molecule has 0 spiro atoms. The van der Waals surface area contributed by atoms with Crippen LogP contribution in [0.2, 0.25) is 0 Å². The Hall–Kier alpha value is -3.06. The quantitative estimate of drug-likeness (QED) is 0.600. The fourth-order valence-electron chi connectivity index (χ4n) is 4.48. The van der Waals surface area contributed by atoms with E-state index in [0.29, 0.717) is 16.6 Å². The van der Waals surface area contributed by atoms with E-state index in [1.807, 2.05) is 12.1 Å². The Labute approximate surface area is 184 Å². The molecule has 1 aliphatic rings. The molecule has 0 amide bonds. The van der Waals surface area contributed by atoms with E-state index in [1.54, 1.807) is 10.6 Å². The zero-order chi connectivity index (χ0) is 22.7. The maximum absolute atomic E-state index is 14.1. The first-order chi connectivity index (χ1) is 15.4. The van der Waals surface area contributed by atoms with Crippen molar-refractivity contribution in [3.8, 4) is 0 Å². The molecule has 168 valence electrons. The van der Waals surface area contributed by atoms with Gasteiger partial charge in [-0.1, -0.05) is 24.6 Å². The predicted molar refractivity (Wildman–Crippen MR) is 119 cm³/mol. The van der Waals surface area contributed by atoms with Crippen molar-refractivity contribution in [2.24, 2.45) is 0 Å². The number of pyridine rings is 1. The summed E-state index contributed by atoms with van der Waals surface area (Å²) in [5, 5.41) is 9.95. The summed E-state index contributed by atoms with van der Waals surface area (Å²) in [6.07, 6.45) is 3.94. The molecule has 0 aliphatic carbocycles. The minimum absolute atomic E-state index is 0.154. The summed E-state index contributed by atoms with van der Waals surface area (Å²) >= 11 is 0. The van der Waals surface area contributed by atoms with E-state index in [4.69, 9.17) is 0 Å². The lowest BCUT2D eigenvalue weighted by Crippen LogP contribution is -2.29. The first-order valence-electron chi connectivity index (χ1n) is 10.9. The smallest absolute Gasteiger partial charge is 0.323 e. The molecule has 2 heterocycles. The summed E-state index contributed by atoms with van der Waals surface area (Å²) < 4.78 is 29.2. The SMILES string of the molecule is O=C(O)Cn1c(CCc2cccc(F)c2F)cc(=O)c2ccc(CN3CCCCC3)cc21. The first-order valence-corrected chi connectivity index (χ1v) is 10.9. The van der Waals surface area contributed by atoms with Crippen molar-refractivity contribution in [3.05, 3.63) is 81.1 Å². The van der Waals surface area contributed by atoms with Crippen molar-refractivity contribution in [2.45, 2.75) is 45.2 Å². The second-order valence-corrected chi connectivity index (χ2v) is 8.38. The lowest BCUT2D eigenvalue weighted by atomic mass is 10.0. The highest BCUT2D eigenvalue weighted by atomic mass is 19.2. The standard InChI is InChI=1S/C25H26F2N2O3/c26-21-6-4-5-18(25(21)27)8-9-19-14-23(30)20-10-7-17(15-28-11-2-1-3-12-28)13-22(20)29(19)16-24(31)32/h4-7,10,13-14H,1-3,8-9,11-12,15-16H2,(H,31,32). The van der Waals surface area contributed by atoms with Gasteiger partial charge >= 0.3 is 5.97 Å². The van der Waals surface area contributed by atoms with Gasteiger partial charge in [-0.15, -0.1) is 0 Å². The molecule has 0 bridgehead atoms. The van der Waals surface area contributed by atoms with Crippen LogP contribution in [0, 0.1) is 11.6 Å². The molecule has 1 aliphatic heterocycles. The van der Waals surface area contributed by atoms with Crippen LogP contribution < -0.4 is 5.43 Å². The molecule has 7 heteroatoms. The van der Waals surface area contributed by atoms with Crippen LogP contribution in [0.4, 0.5) is 8.78 Å². The third kappa shape index (κ3) is 4.88. The van der Waals surface area contributed by atoms with Gasteiger partial charge < -0.3 is 9.67 Å². The van der Waals surface area contributed by atoms with E-state index in [9.17, 15) is 23.5 Å². The number of aliphatic carboxylic acids is 1. The topological polar surface area (TPSA) is 62.5 Å². The van der Waals surface area contributed by atoms with Crippen LogP contribution in [0.3, 0.4) is 0 Å². The normalized spacial score (nSPS) is 14.7. The number of carboxylic acids is 1. The molecule has 0 atom stereocenters. The molecule has 1 N–H and O–H groups in total. The second kappa shape index (κ2) is 9.61. The van der Waals surface area contributed by atoms with E-state index < -0.39 is 17.6 Å². The van der Waals surface area contributed by atoms with Gasteiger partial charge in [0, 0.05) is 23.7 Å². The number of aryl methyl sites for hydroxylation is 2. The summed E-state index contributed by atoms with van der Waals surface area (Å²) in [4.78, 5) is 26.7. The van der Waals surface area contributed by atoms with Crippen LogP contribution in [0.15, 0.2) is 47.3 Å². The number of likely N-dealkylation sites (tertiary alicyclic amines) is 1. The highest BCUT2D eigenvalue weighted by Gasteiger charge is 2.16. The lowest BCUT2D eigenvalue weighted by Gasteiger charge is -2.26. The number of nitrogens with zero attached hydrogens (tertiary/aromatic N) is 2. The summed E-state index contributed by atoms with van der Waals surface area (Å²) in [5.74, 6) is -2.87. The third-order valence-electron chi connectivity index (χ3n) is 6.09. The van der Waals surface area contributed by atoms with Crippen molar-refractivity contribution < 1.29 is 18.7 Å². The van der Waals surface area contributed by atoms with E-state index in [-0.39, 0.29) is 30.4 Å². The van der Waals surface area contributed by atoms with Crippen LogP contribution in [0.25, 0.3) is 10.9 Å². The Morgan fingerprint density at radius 3 is 2.53 bits per heavy atom. The molecular weight excluding hydrogens is 414 g/mol. The van der Waals surface area contributed by atoms with Crippen molar-refractivity contribution in [1.82, 2.24) is 9.47 Å². The molecule has 0 unspecified atom stereocenters. The van der Waals surface area contributed by atoms with Gasteiger partial charge in [-0.2, -0.15) is 0 Å². The molecule has 1 saturated heterocycles. The molecule has 1 fully saturated rings. The van der Waals surface area contributed by atoms with Gasteiger partial charge in [-0.25, -0.2) is 8.78 Å². The van der Waals surface area contributed by atoms with Crippen molar-refractivity contribution in [3.63, 3.8) is 0 Å². The molecule has 0 radical (unpaired) electrons. The van der Waals surface area contributed by atoms with Crippen molar-refractivity contribution in [2.75, 3.05) is 13.1 Å². The summed E-state index contributed by atoms with van der Waals surface area (Å²) in [5.41, 5.74) is 2.05. The van der Waals surface area contributed by atoms with Crippen LogP contribution in [0.1, 0.15) is 36.1 Å². The summed E-state index contributed by atoms with van der Waals surface area (Å²) in [7, 11) is 0. The maximum atomic E-state index is 14.1. The van der Waals surface area contributed by atoms with E-state index in [0.717, 1.165) is 44.1 Å². The van der Waals surface area contributed by atoms with Gasteiger partial charge in [0.05, 0.1) is 5.52 Å². The second-order valence-electron chi connectivity index (χ2n) is 8.38. The lowest BCUT2D eigenvalue weighted by molar-refractivity contribution is -0.137. The number of carboxylic acid groups (broad SMARTS) is 1. The Morgan fingerprint density at radius 2 is 1.78 bits per heavy atom. The van der Waals surface area contributed by atoms with Crippen LogP contribution in [-0.4, -0.2) is 33.6 Å². The Balaban J connectivity index is 1.71. The van der Waals surface area contributed by atoms with Crippen LogP contribution in [-0.2, 0) is 30.7 Å². The van der Waals surface area contributed by atoms with E-state index in [2.05, 4.69) is 4.90 Å². The largest absolute Gasteiger partial charge is 0.480 e. The number of rotatable bonds is 7. The zero-order valence-corrected chi connectivity index (χ0v) is 17.8. The molecule has 5 nitrogen and oxygen atoms in total. The minimum Gasteiger partial charge on any atom is -0.480 e.